The molecule has 4 nitrogen and oxygen atoms in total. The predicted molar refractivity (Wildman–Crippen MR) is 71.7 cm³/mol. The van der Waals surface area contributed by atoms with Crippen molar-refractivity contribution in [1.29, 1.82) is 0 Å². The first kappa shape index (κ1) is 14.0. The molecule has 0 spiro atoms. The highest BCUT2D eigenvalue weighted by atomic mass is 19.1. The number of nitrogens with zero attached hydrogens (tertiary/aromatic N) is 1. The lowest BCUT2D eigenvalue weighted by Crippen LogP contribution is -2.50. The van der Waals surface area contributed by atoms with Crippen LogP contribution < -0.4 is 11.5 Å². The van der Waals surface area contributed by atoms with Crippen molar-refractivity contribution >= 4 is 5.91 Å². The second kappa shape index (κ2) is 6.12. The Bertz CT molecular complexity index is 452. The first-order chi connectivity index (χ1) is 9.13. The molecule has 19 heavy (non-hydrogen) atoms. The van der Waals surface area contributed by atoms with Gasteiger partial charge < -0.3 is 11.5 Å². The standard InChI is InChI=1S/C14H20FN3O/c15-11-5-3-4-10(8-11)13(9-16)18-7-2-1-6-12(18)14(17)19/h3-5,8,12-13H,1-2,6-7,9,16H2,(H2,17,19). The first-order valence-electron chi connectivity index (χ1n) is 6.64. The van der Waals surface area contributed by atoms with Gasteiger partial charge in [0.15, 0.2) is 0 Å². The van der Waals surface area contributed by atoms with Gasteiger partial charge in [-0.2, -0.15) is 0 Å². The second-order valence-corrected chi connectivity index (χ2v) is 4.96. The molecule has 1 aliphatic heterocycles. The number of halogens is 1. The minimum absolute atomic E-state index is 0.159. The van der Waals surface area contributed by atoms with Crippen LogP contribution in [0.4, 0.5) is 4.39 Å². The molecule has 4 N–H and O–H groups in total. The Morgan fingerprint density at radius 2 is 2.26 bits per heavy atom. The summed E-state index contributed by atoms with van der Waals surface area (Å²) < 4.78 is 13.3. The second-order valence-electron chi connectivity index (χ2n) is 4.96. The van der Waals surface area contributed by atoms with Crippen LogP contribution in [0.15, 0.2) is 24.3 Å². The van der Waals surface area contributed by atoms with Crippen LogP contribution in [-0.2, 0) is 4.79 Å². The SMILES string of the molecule is NCC(c1cccc(F)c1)N1CCCCC1C(N)=O. The first-order valence-corrected chi connectivity index (χ1v) is 6.64. The number of hydrogen-bond donors (Lipinski definition) is 2. The van der Waals surface area contributed by atoms with Gasteiger partial charge in [-0.3, -0.25) is 9.69 Å². The molecular weight excluding hydrogens is 245 g/mol. The Morgan fingerprint density at radius 1 is 1.47 bits per heavy atom. The van der Waals surface area contributed by atoms with E-state index in [0.29, 0.717) is 6.54 Å². The maximum absolute atomic E-state index is 13.3. The van der Waals surface area contributed by atoms with Crippen molar-refractivity contribution in [3.63, 3.8) is 0 Å². The lowest BCUT2D eigenvalue weighted by atomic mass is 9.96. The van der Waals surface area contributed by atoms with Gasteiger partial charge in [0.1, 0.15) is 5.82 Å². The van der Waals surface area contributed by atoms with E-state index >= 15 is 0 Å². The number of nitrogens with two attached hydrogens (primary N) is 2. The zero-order chi connectivity index (χ0) is 13.8. The number of rotatable bonds is 4. The van der Waals surface area contributed by atoms with Gasteiger partial charge >= 0.3 is 0 Å². The van der Waals surface area contributed by atoms with Crippen LogP contribution in [0.25, 0.3) is 0 Å². The number of carbonyl (C=O) groups is 1. The maximum atomic E-state index is 13.3. The number of primary amides is 1. The normalized spacial score (nSPS) is 22.1. The van der Waals surface area contributed by atoms with Crippen molar-refractivity contribution in [3.8, 4) is 0 Å². The lowest BCUT2D eigenvalue weighted by Gasteiger charge is -2.39. The van der Waals surface area contributed by atoms with E-state index in [1.807, 2.05) is 11.0 Å². The van der Waals surface area contributed by atoms with Crippen molar-refractivity contribution < 1.29 is 9.18 Å². The Balaban J connectivity index is 2.26. The molecular formula is C14H20FN3O. The molecule has 1 saturated heterocycles. The van der Waals surface area contributed by atoms with Gasteiger partial charge in [0.25, 0.3) is 0 Å². The quantitative estimate of drug-likeness (QED) is 0.858. The molecule has 0 aliphatic carbocycles. The van der Waals surface area contributed by atoms with Crippen molar-refractivity contribution in [3.05, 3.63) is 35.6 Å². The molecule has 1 amide bonds. The van der Waals surface area contributed by atoms with Crippen LogP contribution in [0.5, 0.6) is 0 Å². The molecule has 1 fully saturated rings. The number of benzene rings is 1. The van der Waals surface area contributed by atoms with Crippen LogP contribution in [0.1, 0.15) is 30.9 Å². The van der Waals surface area contributed by atoms with Crippen LogP contribution in [0.3, 0.4) is 0 Å². The molecule has 1 heterocycles. The van der Waals surface area contributed by atoms with Crippen molar-refractivity contribution in [2.45, 2.75) is 31.3 Å². The molecule has 104 valence electrons. The largest absolute Gasteiger partial charge is 0.368 e. The topological polar surface area (TPSA) is 72.3 Å². The molecule has 2 rings (SSSR count). The van der Waals surface area contributed by atoms with Crippen LogP contribution in [0.2, 0.25) is 0 Å². The summed E-state index contributed by atoms with van der Waals surface area (Å²) in [6.07, 6.45) is 2.75. The third-order valence-electron chi connectivity index (χ3n) is 3.73. The average molecular weight is 265 g/mol. The summed E-state index contributed by atoms with van der Waals surface area (Å²) in [6.45, 7) is 1.11. The Hall–Kier alpha value is -1.46. The van der Waals surface area contributed by atoms with Gasteiger partial charge in [0, 0.05) is 12.6 Å². The van der Waals surface area contributed by atoms with Crippen LogP contribution >= 0.6 is 0 Å². The fourth-order valence-electron chi connectivity index (χ4n) is 2.81. The fraction of sp³-hybridized carbons (Fsp3) is 0.500. The van der Waals surface area contributed by atoms with E-state index in [4.69, 9.17) is 11.5 Å². The van der Waals surface area contributed by atoms with Crippen molar-refractivity contribution in [2.24, 2.45) is 11.5 Å². The van der Waals surface area contributed by atoms with Gasteiger partial charge in [0.2, 0.25) is 5.91 Å². The van der Waals surface area contributed by atoms with E-state index < -0.39 is 0 Å². The summed E-state index contributed by atoms with van der Waals surface area (Å²) in [6, 6.07) is 5.92. The molecule has 2 atom stereocenters. The van der Waals surface area contributed by atoms with E-state index in [9.17, 15) is 9.18 Å². The maximum Gasteiger partial charge on any atom is 0.234 e. The lowest BCUT2D eigenvalue weighted by molar-refractivity contribution is -0.125. The summed E-state index contributed by atoms with van der Waals surface area (Å²) >= 11 is 0. The smallest absolute Gasteiger partial charge is 0.234 e. The van der Waals surface area contributed by atoms with E-state index in [-0.39, 0.29) is 23.8 Å². The Kier molecular flexibility index (Phi) is 4.50. The summed E-state index contributed by atoms with van der Waals surface area (Å²) in [4.78, 5) is 13.6. The molecule has 0 bridgehead atoms. The van der Waals surface area contributed by atoms with Crippen molar-refractivity contribution in [1.82, 2.24) is 4.90 Å². The molecule has 1 aliphatic rings. The van der Waals surface area contributed by atoms with Crippen molar-refractivity contribution in [2.75, 3.05) is 13.1 Å². The Morgan fingerprint density at radius 3 is 2.89 bits per heavy atom. The van der Waals surface area contributed by atoms with Crippen LogP contribution in [0, 0.1) is 5.82 Å². The minimum Gasteiger partial charge on any atom is -0.368 e. The highest BCUT2D eigenvalue weighted by molar-refractivity contribution is 5.80. The van der Waals surface area contributed by atoms with E-state index in [1.54, 1.807) is 6.07 Å². The van der Waals surface area contributed by atoms with Gasteiger partial charge in [-0.25, -0.2) is 4.39 Å². The van der Waals surface area contributed by atoms with Gasteiger partial charge in [-0.1, -0.05) is 18.6 Å². The van der Waals surface area contributed by atoms with E-state index in [0.717, 1.165) is 31.4 Å². The zero-order valence-corrected chi connectivity index (χ0v) is 10.9. The number of carbonyl (C=O) groups excluding carboxylic acids is 1. The molecule has 2 unspecified atom stereocenters. The predicted octanol–water partition coefficient (Wildman–Crippen LogP) is 1.17. The number of amides is 1. The Labute approximate surface area is 112 Å². The van der Waals surface area contributed by atoms with Gasteiger partial charge in [0.05, 0.1) is 6.04 Å². The molecule has 0 radical (unpaired) electrons. The zero-order valence-electron chi connectivity index (χ0n) is 10.9. The molecule has 1 aromatic rings. The molecule has 0 aromatic heterocycles. The third-order valence-corrected chi connectivity index (χ3v) is 3.73. The third kappa shape index (κ3) is 3.11. The van der Waals surface area contributed by atoms with Crippen LogP contribution in [-0.4, -0.2) is 29.9 Å². The summed E-state index contributed by atoms with van der Waals surface area (Å²) in [7, 11) is 0. The number of likely N-dealkylation sites (tertiary alicyclic amines) is 1. The number of piperidine rings is 1. The molecule has 1 aromatic carbocycles. The van der Waals surface area contributed by atoms with Gasteiger partial charge in [-0.05, 0) is 37.1 Å². The highest BCUT2D eigenvalue weighted by Crippen LogP contribution is 2.28. The summed E-state index contributed by atoms with van der Waals surface area (Å²) in [5.74, 6) is -0.613. The highest BCUT2D eigenvalue weighted by Gasteiger charge is 2.32. The van der Waals surface area contributed by atoms with E-state index in [1.165, 1.54) is 12.1 Å². The molecule has 0 saturated carbocycles. The van der Waals surface area contributed by atoms with E-state index in [2.05, 4.69) is 0 Å². The minimum atomic E-state index is -0.324. The average Bonchev–Trinajstić information content (AvgIpc) is 2.40. The monoisotopic (exact) mass is 265 g/mol. The molecule has 5 heteroatoms. The summed E-state index contributed by atoms with van der Waals surface area (Å²) in [5, 5.41) is 0. The number of hydrogen-bond acceptors (Lipinski definition) is 3. The fourth-order valence-corrected chi connectivity index (χ4v) is 2.81. The summed E-state index contributed by atoms with van der Waals surface area (Å²) in [5.41, 5.74) is 12.1. The van der Waals surface area contributed by atoms with Gasteiger partial charge in [-0.15, -0.1) is 0 Å².